The summed E-state index contributed by atoms with van der Waals surface area (Å²) in [6, 6.07) is 15.4. The molecule has 2 rings (SSSR count). The second-order valence-corrected chi connectivity index (χ2v) is 4.87. The lowest BCUT2D eigenvalue weighted by Crippen LogP contribution is -2.13. The second-order valence-electron chi connectivity index (χ2n) is 4.43. The summed E-state index contributed by atoms with van der Waals surface area (Å²) >= 11 is 5.03. The molecule has 3 nitrogen and oxygen atoms in total. The van der Waals surface area contributed by atoms with E-state index in [0.717, 1.165) is 22.4 Å². The zero-order valence-electron chi connectivity index (χ0n) is 11.1. The van der Waals surface area contributed by atoms with Crippen LogP contribution in [0, 0.1) is 0 Å². The van der Waals surface area contributed by atoms with E-state index >= 15 is 0 Å². The van der Waals surface area contributed by atoms with Crippen LogP contribution >= 0.6 is 12.2 Å². The van der Waals surface area contributed by atoms with Gasteiger partial charge in [-0.15, -0.1) is 0 Å². The highest BCUT2D eigenvalue weighted by atomic mass is 32.1. The van der Waals surface area contributed by atoms with E-state index in [1.165, 1.54) is 0 Å². The van der Waals surface area contributed by atoms with Crippen LogP contribution in [0.2, 0.25) is 0 Å². The van der Waals surface area contributed by atoms with Gasteiger partial charge in [-0.05, 0) is 29.7 Å². The average Bonchev–Trinajstić information content (AvgIpc) is 2.47. The van der Waals surface area contributed by atoms with Gasteiger partial charge in [0.15, 0.2) is 0 Å². The van der Waals surface area contributed by atoms with E-state index in [1.54, 1.807) is 0 Å². The molecular weight excluding hydrogens is 270 g/mol. The SMILES string of the molecule is NC(=S)c1ccccc1COc1ccc(CCO)cc1. The van der Waals surface area contributed by atoms with Gasteiger partial charge in [0.25, 0.3) is 0 Å². The van der Waals surface area contributed by atoms with Gasteiger partial charge in [-0.3, -0.25) is 0 Å². The normalized spacial score (nSPS) is 10.2. The minimum Gasteiger partial charge on any atom is -0.489 e. The van der Waals surface area contributed by atoms with Gasteiger partial charge in [-0.1, -0.05) is 48.6 Å². The van der Waals surface area contributed by atoms with E-state index in [1.807, 2.05) is 48.5 Å². The molecule has 0 radical (unpaired) electrons. The largest absolute Gasteiger partial charge is 0.489 e. The van der Waals surface area contributed by atoms with E-state index in [0.29, 0.717) is 18.0 Å². The van der Waals surface area contributed by atoms with Gasteiger partial charge in [0.05, 0.1) is 0 Å². The monoisotopic (exact) mass is 287 g/mol. The molecule has 0 aromatic heterocycles. The molecule has 104 valence electrons. The summed E-state index contributed by atoms with van der Waals surface area (Å²) in [7, 11) is 0. The summed E-state index contributed by atoms with van der Waals surface area (Å²) < 4.78 is 5.74. The lowest BCUT2D eigenvalue weighted by Gasteiger charge is -2.10. The predicted molar refractivity (Wildman–Crippen MR) is 83.9 cm³/mol. The van der Waals surface area contributed by atoms with Crippen LogP contribution in [0.4, 0.5) is 0 Å². The maximum absolute atomic E-state index is 8.87. The summed E-state index contributed by atoms with van der Waals surface area (Å²) in [5.41, 5.74) is 8.59. The van der Waals surface area contributed by atoms with Crippen molar-refractivity contribution in [3.63, 3.8) is 0 Å². The minimum atomic E-state index is 0.154. The van der Waals surface area contributed by atoms with E-state index in [4.69, 9.17) is 27.8 Å². The Kier molecular flexibility index (Phi) is 5.09. The molecule has 3 N–H and O–H groups in total. The third-order valence-electron chi connectivity index (χ3n) is 3.00. The molecule has 0 fully saturated rings. The molecule has 0 spiro atoms. The number of hydrogen-bond donors (Lipinski definition) is 2. The summed E-state index contributed by atoms with van der Waals surface area (Å²) in [5, 5.41) is 8.87. The van der Waals surface area contributed by atoms with Gasteiger partial charge in [-0.2, -0.15) is 0 Å². The van der Waals surface area contributed by atoms with Gasteiger partial charge in [0.2, 0.25) is 0 Å². The Balaban J connectivity index is 2.03. The zero-order valence-corrected chi connectivity index (χ0v) is 11.9. The van der Waals surface area contributed by atoms with Crippen molar-refractivity contribution in [1.29, 1.82) is 0 Å². The number of hydrogen-bond acceptors (Lipinski definition) is 3. The van der Waals surface area contributed by atoms with Crippen molar-refractivity contribution in [2.75, 3.05) is 6.61 Å². The van der Waals surface area contributed by atoms with Crippen LogP contribution in [-0.4, -0.2) is 16.7 Å². The first kappa shape index (κ1) is 14.5. The Morgan fingerprint density at radius 3 is 2.45 bits per heavy atom. The summed E-state index contributed by atoms with van der Waals surface area (Å²) in [6.45, 7) is 0.578. The molecule has 0 aliphatic rings. The lowest BCUT2D eigenvalue weighted by atomic mass is 10.1. The highest BCUT2D eigenvalue weighted by Crippen LogP contribution is 2.16. The Morgan fingerprint density at radius 2 is 1.80 bits per heavy atom. The maximum Gasteiger partial charge on any atom is 0.119 e. The fourth-order valence-corrected chi connectivity index (χ4v) is 2.13. The quantitative estimate of drug-likeness (QED) is 0.801. The van der Waals surface area contributed by atoms with Gasteiger partial charge in [0.1, 0.15) is 17.3 Å². The van der Waals surface area contributed by atoms with Crippen LogP contribution in [0.15, 0.2) is 48.5 Å². The van der Waals surface area contributed by atoms with Crippen molar-refractivity contribution in [2.24, 2.45) is 5.73 Å². The van der Waals surface area contributed by atoms with Gasteiger partial charge in [-0.25, -0.2) is 0 Å². The number of ether oxygens (including phenoxy) is 1. The predicted octanol–water partition coefficient (Wildman–Crippen LogP) is 2.43. The smallest absolute Gasteiger partial charge is 0.119 e. The van der Waals surface area contributed by atoms with E-state index in [9.17, 15) is 0 Å². The number of benzene rings is 2. The van der Waals surface area contributed by atoms with E-state index in [2.05, 4.69) is 0 Å². The van der Waals surface area contributed by atoms with Crippen LogP contribution in [-0.2, 0) is 13.0 Å². The number of rotatable bonds is 6. The molecule has 0 unspecified atom stereocenters. The molecule has 0 heterocycles. The van der Waals surface area contributed by atoms with Crippen molar-refractivity contribution < 1.29 is 9.84 Å². The Morgan fingerprint density at radius 1 is 1.10 bits per heavy atom. The topological polar surface area (TPSA) is 55.5 Å². The summed E-state index contributed by atoms with van der Waals surface area (Å²) in [5.74, 6) is 0.782. The molecule has 2 aromatic rings. The minimum absolute atomic E-state index is 0.154. The Labute approximate surface area is 124 Å². The number of aliphatic hydroxyl groups is 1. The third kappa shape index (κ3) is 3.79. The summed E-state index contributed by atoms with van der Waals surface area (Å²) in [4.78, 5) is 0.377. The Bertz CT molecular complexity index is 581. The van der Waals surface area contributed by atoms with Crippen molar-refractivity contribution >= 4 is 17.2 Å². The highest BCUT2D eigenvalue weighted by Gasteiger charge is 2.05. The highest BCUT2D eigenvalue weighted by molar-refractivity contribution is 7.80. The van der Waals surface area contributed by atoms with Crippen molar-refractivity contribution in [1.82, 2.24) is 0 Å². The van der Waals surface area contributed by atoms with Gasteiger partial charge >= 0.3 is 0 Å². The molecule has 20 heavy (non-hydrogen) atoms. The maximum atomic E-state index is 8.87. The second kappa shape index (κ2) is 7.03. The first-order valence-corrected chi connectivity index (χ1v) is 6.82. The van der Waals surface area contributed by atoms with Crippen LogP contribution in [0.5, 0.6) is 5.75 Å². The van der Waals surface area contributed by atoms with Gasteiger partial charge in [0, 0.05) is 12.2 Å². The fourth-order valence-electron chi connectivity index (χ4n) is 1.93. The molecule has 0 saturated heterocycles. The Hall–Kier alpha value is -1.91. The van der Waals surface area contributed by atoms with Crippen LogP contribution < -0.4 is 10.5 Å². The van der Waals surface area contributed by atoms with Crippen LogP contribution in [0.3, 0.4) is 0 Å². The molecule has 0 amide bonds. The van der Waals surface area contributed by atoms with Crippen LogP contribution in [0.25, 0.3) is 0 Å². The fraction of sp³-hybridized carbons (Fsp3) is 0.188. The first-order chi connectivity index (χ1) is 9.70. The molecule has 0 bridgehead atoms. The number of aliphatic hydroxyl groups excluding tert-OH is 1. The molecule has 2 aromatic carbocycles. The number of nitrogens with two attached hydrogens (primary N) is 1. The molecule has 0 aliphatic carbocycles. The molecule has 0 atom stereocenters. The van der Waals surface area contributed by atoms with Crippen molar-refractivity contribution in [3.05, 3.63) is 65.2 Å². The van der Waals surface area contributed by atoms with E-state index < -0.39 is 0 Å². The first-order valence-electron chi connectivity index (χ1n) is 6.41. The zero-order chi connectivity index (χ0) is 14.4. The molecular formula is C16H17NO2S. The third-order valence-corrected chi connectivity index (χ3v) is 3.22. The van der Waals surface area contributed by atoms with Gasteiger partial charge < -0.3 is 15.6 Å². The standard InChI is InChI=1S/C16H17NO2S/c17-16(20)15-4-2-1-3-13(15)11-19-14-7-5-12(6-8-14)9-10-18/h1-8,18H,9-11H2,(H2,17,20). The van der Waals surface area contributed by atoms with Crippen molar-refractivity contribution in [2.45, 2.75) is 13.0 Å². The van der Waals surface area contributed by atoms with Crippen molar-refractivity contribution in [3.8, 4) is 5.75 Å². The number of thiocarbonyl (C=S) groups is 1. The van der Waals surface area contributed by atoms with Crippen LogP contribution in [0.1, 0.15) is 16.7 Å². The average molecular weight is 287 g/mol. The summed E-state index contributed by atoms with van der Waals surface area (Å²) in [6.07, 6.45) is 0.657. The molecule has 0 saturated carbocycles. The molecule has 0 aliphatic heterocycles. The lowest BCUT2D eigenvalue weighted by molar-refractivity contribution is 0.298. The molecule has 4 heteroatoms. The van der Waals surface area contributed by atoms with E-state index in [-0.39, 0.29) is 6.61 Å².